The Morgan fingerprint density at radius 1 is 0.854 bits per heavy atom. The van der Waals surface area contributed by atoms with E-state index in [1.807, 2.05) is 0 Å². The minimum atomic E-state index is 0.0160. The van der Waals surface area contributed by atoms with Gasteiger partial charge in [0.15, 0.2) is 0 Å². The molecule has 7 unspecified atom stereocenters. The fourth-order valence-electron chi connectivity index (χ4n) is 9.71. The Bertz CT molecular complexity index is 1990. The third-order valence-corrected chi connectivity index (χ3v) is 11.9. The smallest absolute Gasteiger partial charge is 0.0947 e. The predicted molar refractivity (Wildman–Crippen MR) is 193 cm³/mol. The SMILES string of the molecule is N#CC1=CC2=C(CC1)N(c1ccccc1)C1C2=CC=CC1C1=CCCC(c2ccc3c(c2)C2C=CC=CC2N3C2CC=CCC2C#N)C1. The molecule has 2 aromatic rings. The summed E-state index contributed by atoms with van der Waals surface area (Å²) in [5.74, 6) is 1.09. The molecule has 0 radical (unpaired) electrons. The number of para-hydroxylation sites is 1. The van der Waals surface area contributed by atoms with Crippen LogP contribution in [0.1, 0.15) is 67.9 Å². The van der Waals surface area contributed by atoms with Crippen molar-refractivity contribution in [2.75, 3.05) is 9.80 Å². The van der Waals surface area contributed by atoms with E-state index in [9.17, 15) is 10.5 Å². The van der Waals surface area contributed by atoms with Crippen LogP contribution in [-0.2, 0) is 0 Å². The lowest BCUT2D eigenvalue weighted by atomic mass is 9.73. The van der Waals surface area contributed by atoms with Crippen molar-refractivity contribution in [3.8, 4) is 12.1 Å². The highest BCUT2D eigenvalue weighted by atomic mass is 15.2. The molecule has 2 aromatic carbocycles. The molecule has 0 aromatic heterocycles. The molecule has 4 nitrogen and oxygen atoms in total. The summed E-state index contributed by atoms with van der Waals surface area (Å²) in [6, 6.07) is 23.9. The minimum absolute atomic E-state index is 0.0160. The van der Waals surface area contributed by atoms with Crippen LogP contribution in [0.4, 0.5) is 11.4 Å². The van der Waals surface area contributed by atoms with E-state index in [0.29, 0.717) is 11.8 Å². The molecule has 9 rings (SSSR count). The topological polar surface area (TPSA) is 54.1 Å². The van der Waals surface area contributed by atoms with Crippen LogP contribution in [0.2, 0.25) is 0 Å². The largest absolute Gasteiger partial charge is 0.359 e. The number of allylic oxidation sites excluding steroid dienone is 9. The number of hydrogen-bond acceptors (Lipinski definition) is 4. The van der Waals surface area contributed by atoms with Gasteiger partial charge in [-0.15, -0.1) is 0 Å². The molecule has 7 aliphatic rings. The lowest BCUT2D eigenvalue weighted by Gasteiger charge is -2.39. The molecule has 48 heavy (non-hydrogen) atoms. The second-order valence-corrected chi connectivity index (χ2v) is 14.3. The number of nitrogens with zero attached hydrogens (tertiary/aromatic N) is 4. The maximum absolute atomic E-state index is 10.1. The number of hydrogen-bond donors (Lipinski definition) is 0. The second kappa shape index (κ2) is 11.9. The first-order chi connectivity index (χ1) is 23.7. The van der Waals surface area contributed by atoms with Gasteiger partial charge in [-0.2, -0.15) is 10.5 Å². The normalized spacial score (nSPS) is 31.2. The van der Waals surface area contributed by atoms with Gasteiger partial charge >= 0.3 is 0 Å². The van der Waals surface area contributed by atoms with Gasteiger partial charge in [0.25, 0.3) is 0 Å². The summed E-state index contributed by atoms with van der Waals surface area (Å²) in [4.78, 5) is 5.17. The van der Waals surface area contributed by atoms with Crippen LogP contribution < -0.4 is 9.80 Å². The molecule has 0 amide bonds. The zero-order valence-corrected chi connectivity index (χ0v) is 27.2. The average molecular weight is 625 g/mol. The van der Waals surface area contributed by atoms with E-state index >= 15 is 0 Å². The molecule has 0 saturated carbocycles. The van der Waals surface area contributed by atoms with Gasteiger partial charge < -0.3 is 9.80 Å². The highest BCUT2D eigenvalue weighted by Crippen LogP contribution is 2.52. The number of fused-ring (bicyclic) bond motifs is 5. The molecule has 236 valence electrons. The highest BCUT2D eigenvalue weighted by molar-refractivity contribution is 5.72. The number of anilines is 2. The fourth-order valence-corrected chi connectivity index (χ4v) is 9.71. The summed E-state index contributed by atoms with van der Waals surface area (Å²) in [7, 11) is 0. The van der Waals surface area contributed by atoms with Gasteiger partial charge in [-0.25, -0.2) is 0 Å². The Kier molecular flexibility index (Phi) is 7.20. The molecule has 0 saturated heterocycles. The average Bonchev–Trinajstić information content (AvgIpc) is 3.67. The monoisotopic (exact) mass is 624 g/mol. The van der Waals surface area contributed by atoms with E-state index in [1.54, 1.807) is 0 Å². The molecule has 7 atom stereocenters. The van der Waals surface area contributed by atoms with E-state index < -0.39 is 0 Å². The third kappa shape index (κ3) is 4.62. The maximum atomic E-state index is 10.1. The van der Waals surface area contributed by atoms with Crippen molar-refractivity contribution in [1.29, 1.82) is 10.5 Å². The molecule has 2 heterocycles. The summed E-state index contributed by atoms with van der Waals surface area (Å²) in [6.45, 7) is 0. The summed E-state index contributed by atoms with van der Waals surface area (Å²) in [5, 5.41) is 19.8. The Hall–Kier alpha value is -5.06. The van der Waals surface area contributed by atoms with Crippen LogP contribution in [0.3, 0.4) is 0 Å². The molecule has 0 fully saturated rings. The number of nitriles is 2. The molecule has 0 bridgehead atoms. The van der Waals surface area contributed by atoms with Gasteiger partial charge in [0.1, 0.15) is 0 Å². The van der Waals surface area contributed by atoms with E-state index in [-0.39, 0.29) is 30.0 Å². The standard InChI is InChI=1S/C44H40N4/c45-27-29-20-22-42-38(24-29)37-17-9-16-35(44(37)47(42)34-13-2-1-3-14-34)32-12-8-11-30(25-32)31-21-23-43-39(26-31)36-15-5-7-19-41(36)48(43)40-18-6-4-10-33(40)28-46/h1-7,9,12-17,19,21,23-24,26,30,33,35-36,40-41,44H,8,10-11,18,20,22,25H2. The van der Waals surface area contributed by atoms with Gasteiger partial charge in [-0.05, 0) is 91.8 Å². The predicted octanol–water partition coefficient (Wildman–Crippen LogP) is 9.64. The first-order valence-corrected chi connectivity index (χ1v) is 17.8. The molecule has 0 spiro atoms. The zero-order chi connectivity index (χ0) is 32.2. The third-order valence-electron chi connectivity index (χ3n) is 11.9. The van der Waals surface area contributed by atoms with E-state index in [2.05, 4.69) is 137 Å². The van der Waals surface area contributed by atoms with Crippen molar-refractivity contribution in [2.45, 2.75) is 74.9 Å². The Labute approximate surface area is 284 Å². The van der Waals surface area contributed by atoms with Gasteiger partial charge in [0.2, 0.25) is 0 Å². The molecular weight excluding hydrogens is 585 g/mol. The van der Waals surface area contributed by atoms with Crippen LogP contribution in [0.15, 0.2) is 143 Å². The Balaban J connectivity index is 1.03. The Morgan fingerprint density at radius 3 is 2.58 bits per heavy atom. The van der Waals surface area contributed by atoms with E-state index in [0.717, 1.165) is 50.5 Å². The minimum Gasteiger partial charge on any atom is -0.359 e. The van der Waals surface area contributed by atoms with Gasteiger partial charge in [-0.3, -0.25) is 0 Å². The highest BCUT2D eigenvalue weighted by Gasteiger charge is 2.45. The molecule has 0 N–H and O–H groups in total. The summed E-state index contributed by atoms with van der Waals surface area (Å²) in [5.41, 5.74) is 11.8. The maximum Gasteiger partial charge on any atom is 0.0947 e. The van der Waals surface area contributed by atoms with E-state index in [4.69, 9.17) is 0 Å². The van der Waals surface area contributed by atoms with Gasteiger partial charge in [0.05, 0.1) is 30.1 Å². The van der Waals surface area contributed by atoms with Crippen LogP contribution in [-0.4, -0.2) is 18.1 Å². The first kappa shape index (κ1) is 29.1. The van der Waals surface area contributed by atoms with Gasteiger partial charge in [-0.1, -0.05) is 96.7 Å². The number of benzene rings is 2. The zero-order valence-electron chi connectivity index (χ0n) is 27.2. The quantitative estimate of drug-likeness (QED) is 0.318. The number of rotatable bonds is 4. The van der Waals surface area contributed by atoms with Crippen molar-refractivity contribution >= 4 is 11.4 Å². The van der Waals surface area contributed by atoms with Crippen molar-refractivity contribution in [3.05, 3.63) is 154 Å². The summed E-state index contributed by atoms with van der Waals surface area (Å²) in [6.07, 6.45) is 32.0. The molecule has 5 aliphatic carbocycles. The van der Waals surface area contributed by atoms with Crippen molar-refractivity contribution < 1.29 is 0 Å². The molecule has 2 aliphatic heterocycles. The molecular formula is C44H40N4. The summed E-state index contributed by atoms with van der Waals surface area (Å²) >= 11 is 0. The lowest BCUT2D eigenvalue weighted by molar-refractivity contribution is 0.442. The Morgan fingerprint density at radius 2 is 1.71 bits per heavy atom. The molecule has 4 heteroatoms. The van der Waals surface area contributed by atoms with Crippen LogP contribution in [0, 0.1) is 34.5 Å². The van der Waals surface area contributed by atoms with Crippen LogP contribution in [0.25, 0.3) is 0 Å². The van der Waals surface area contributed by atoms with Crippen molar-refractivity contribution in [2.24, 2.45) is 11.8 Å². The fraction of sp³-hybridized carbons (Fsp3) is 0.318. The summed E-state index contributed by atoms with van der Waals surface area (Å²) < 4.78 is 0. The van der Waals surface area contributed by atoms with Crippen LogP contribution in [0.5, 0.6) is 0 Å². The second-order valence-electron chi connectivity index (χ2n) is 14.3. The van der Waals surface area contributed by atoms with E-state index in [1.165, 1.54) is 44.9 Å². The lowest BCUT2D eigenvalue weighted by Crippen LogP contribution is -2.45. The van der Waals surface area contributed by atoms with Crippen molar-refractivity contribution in [3.63, 3.8) is 0 Å². The van der Waals surface area contributed by atoms with Gasteiger partial charge in [0, 0.05) is 46.1 Å². The first-order valence-electron chi connectivity index (χ1n) is 17.8. The van der Waals surface area contributed by atoms with Crippen molar-refractivity contribution in [1.82, 2.24) is 0 Å². The van der Waals surface area contributed by atoms with Crippen LogP contribution >= 0.6 is 0 Å².